The first kappa shape index (κ1) is 15.5. The minimum atomic E-state index is -3.53. The Morgan fingerprint density at radius 1 is 1.36 bits per heavy atom. The van der Waals surface area contributed by atoms with Gasteiger partial charge in [-0.2, -0.15) is 0 Å². The van der Waals surface area contributed by atoms with Crippen LogP contribution in [0.3, 0.4) is 0 Å². The summed E-state index contributed by atoms with van der Waals surface area (Å²) in [5.41, 5.74) is 1.44. The van der Waals surface area contributed by atoms with Crippen molar-refractivity contribution in [2.75, 3.05) is 12.9 Å². The first-order valence-electron chi connectivity index (χ1n) is 7.62. The number of fused-ring (bicyclic) bond motifs is 1. The molecule has 0 spiro atoms. The number of rotatable bonds is 5. The molecule has 0 aliphatic heterocycles. The molecule has 2 aliphatic carbocycles. The van der Waals surface area contributed by atoms with Gasteiger partial charge in [-0.25, -0.2) is 13.1 Å². The first-order valence-corrected chi connectivity index (χ1v) is 9.27. The molecule has 3 rings (SSSR count). The van der Waals surface area contributed by atoms with Crippen molar-refractivity contribution in [3.05, 3.63) is 35.4 Å². The average Bonchev–Trinajstić information content (AvgIpc) is 3.26. The lowest BCUT2D eigenvalue weighted by molar-refractivity contribution is -0.146. The van der Waals surface area contributed by atoms with Gasteiger partial charge < -0.3 is 4.74 Å². The Labute approximate surface area is 131 Å². The van der Waals surface area contributed by atoms with E-state index >= 15 is 0 Å². The second-order valence-corrected chi connectivity index (χ2v) is 8.05. The van der Waals surface area contributed by atoms with Crippen LogP contribution in [-0.2, 0) is 26.0 Å². The number of hydrogen-bond acceptors (Lipinski definition) is 4. The van der Waals surface area contributed by atoms with Crippen molar-refractivity contribution < 1.29 is 17.9 Å². The third-order valence-electron chi connectivity index (χ3n) is 4.63. The lowest BCUT2D eigenvalue weighted by Gasteiger charge is -2.26. The van der Waals surface area contributed by atoms with Gasteiger partial charge in [-0.05, 0) is 43.2 Å². The zero-order valence-electron chi connectivity index (χ0n) is 12.7. The van der Waals surface area contributed by atoms with Gasteiger partial charge >= 0.3 is 5.97 Å². The molecule has 1 atom stereocenters. The molecular weight excluding hydrogens is 302 g/mol. The lowest BCUT2D eigenvalue weighted by Crippen LogP contribution is -2.37. The summed E-state index contributed by atoms with van der Waals surface area (Å²) >= 11 is 0. The van der Waals surface area contributed by atoms with Crippen LogP contribution in [-0.4, -0.2) is 27.2 Å². The number of nitrogens with one attached hydrogen (secondary N) is 1. The molecule has 0 bridgehead atoms. The Balaban J connectivity index is 1.75. The van der Waals surface area contributed by atoms with Gasteiger partial charge in [0.15, 0.2) is 0 Å². The third-order valence-corrected chi connectivity index (χ3v) is 6.21. The summed E-state index contributed by atoms with van der Waals surface area (Å²) in [5.74, 6) is -0.590. The fourth-order valence-corrected chi connectivity index (χ4v) is 5.17. The number of esters is 1. The third kappa shape index (κ3) is 3.03. The highest BCUT2D eigenvalue weighted by Gasteiger charge is 2.54. The number of carbonyl (C=O) groups is 1. The Bertz CT molecular complexity index is 679. The molecule has 1 aromatic carbocycles. The van der Waals surface area contributed by atoms with Gasteiger partial charge in [0, 0.05) is 6.04 Å². The molecule has 1 unspecified atom stereocenters. The van der Waals surface area contributed by atoms with Gasteiger partial charge in [-0.3, -0.25) is 4.79 Å². The molecule has 0 aromatic heterocycles. The predicted octanol–water partition coefficient (Wildman–Crippen LogP) is 1.94. The van der Waals surface area contributed by atoms with E-state index in [0.717, 1.165) is 24.8 Å². The van der Waals surface area contributed by atoms with E-state index in [-0.39, 0.29) is 11.8 Å². The van der Waals surface area contributed by atoms with Crippen molar-refractivity contribution >= 4 is 16.0 Å². The highest BCUT2D eigenvalue weighted by molar-refractivity contribution is 7.89. The molecule has 0 amide bonds. The molecular formula is C16H21NO4S. The van der Waals surface area contributed by atoms with Crippen LogP contribution in [0.25, 0.3) is 0 Å². The molecule has 1 N–H and O–H groups in total. The standard InChI is InChI=1S/C16H21NO4S/c1-21-15(18)16(9-10-16)11-22(19,20)17-14-8-4-6-12-5-2-3-7-13(12)14/h2-3,5,7,14,17H,4,6,8-11H2,1H3. The summed E-state index contributed by atoms with van der Waals surface area (Å²) in [5, 5.41) is 0. The van der Waals surface area contributed by atoms with Crippen LogP contribution in [0.15, 0.2) is 24.3 Å². The molecule has 120 valence electrons. The average molecular weight is 323 g/mol. The molecule has 1 fully saturated rings. The maximum absolute atomic E-state index is 12.5. The molecule has 0 radical (unpaired) electrons. The zero-order chi connectivity index (χ0) is 15.8. The van der Waals surface area contributed by atoms with Gasteiger partial charge in [0.25, 0.3) is 0 Å². The zero-order valence-corrected chi connectivity index (χ0v) is 13.5. The lowest BCUT2D eigenvalue weighted by atomic mass is 9.88. The van der Waals surface area contributed by atoms with Crippen LogP contribution in [0.1, 0.15) is 42.9 Å². The first-order chi connectivity index (χ1) is 10.5. The number of hydrogen-bond donors (Lipinski definition) is 1. The normalized spacial score (nSPS) is 22.7. The predicted molar refractivity (Wildman–Crippen MR) is 82.7 cm³/mol. The highest BCUT2D eigenvalue weighted by Crippen LogP contribution is 2.48. The summed E-state index contributed by atoms with van der Waals surface area (Å²) in [6.45, 7) is 0. The Morgan fingerprint density at radius 3 is 2.77 bits per heavy atom. The van der Waals surface area contributed by atoms with E-state index in [1.165, 1.54) is 12.7 Å². The number of ether oxygens (including phenoxy) is 1. The maximum Gasteiger partial charge on any atom is 0.312 e. The van der Waals surface area contributed by atoms with Crippen molar-refractivity contribution in [2.45, 2.75) is 38.1 Å². The fourth-order valence-electron chi connectivity index (χ4n) is 3.27. The molecule has 2 aliphatic rings. The summed E-state index contributed by atoms with van der Waals surface area (Å²) in [7, 11) is -2.22. The van der Waals surface area contributed by atoms with E-state index in [9.17, 15) is 13.2 Å². The molecule has 5 nitrogen and oxygen atoms in total. The monoisotopic (exact) mass is 323 g/mol. The van der Waals surface area contributed by atoms with Gasteiger partial charge in [0.1, 0.15) is 0 Å². The number of sulfonamides is 1. The van der Waals surface area contributed by atoms with Crippen LogP contribution < -0.4 is 4.72 Å². The van der Waals surface area contributed by atoms with E-state index in [0.29, 0.717) is 12.8 Å². The molecule has 22 heavy (non-hydrogen) atoms. The quantitative estimate of drug-likeness (QED) is 0.841. The topological polar surface area (TPSA) is 72.5 Å². The van der Waals surface area contributed by atoms with Gasteiger partial charge in [-0.1, -0.05) is 24.3 Å². The van der Waals surface area contributed by atoms with Crippen molar-refractivity contribution in [2.24, 2.45) is 5.41 Å². The van der Waals surface area contributed by atoms with E-state index < -0.39 is 21.4 Å². The second-order valence-electron chi connectivity index (χ2n) is 6.29. The molecule has 0 heterocycles. The number of benzene rings is 1. The number of methoxy groups -OCH3 is 1. The summed E-state index contributed by atoms with van der Waals surface area (Å²) in [6.07, 6.45) is 3.91. The van der Waals surface area contributed by atoms with Crippen molar-refractivity contribution in [1.29, 1.82) is 0 Å². The molecule has 6 heteroatoms. The Morgan fingerprint density at radius 2 is 2.09 bits per heavy atom. The number of carbonyl (C=O) groups excluding carboxylic acids is 1. The fraction of sp³-hybridized carbons (Fsp3) is 0.562. The van der Waals surface area contributed by atoms with Crippen LogP contribution in [0.4, 0.5) is 0 Å². The smallest absolute Gasteiger partial charge is 0.312 e. The van der Waals surface area contributed by atoms with Crippen LogP contribution in [0.5, 0.6) is 0 Å². The van der Waals surface area contributed by atoms with Gasteiger partial charge in [-0.15, -0.1) is 0 Å². The summed E-state index contributed by atoms with van der Waals surface area (Å²) < 4.78 is 32.5. The number of aryl methyl sites for hydroxylation is 1. The van der Waals surface area contributed by atoms with Gasteiger partial charge in [0.2, 0.25) is 10.0 Å². The van der Waals surface area contributed by atoms with E-state index in [1.54, 1.807) is 0 Å². The highest BCUT2D eigenvalue weighted by atomic mass is 32.2. The molecule has 0 saturated heterocycles. The van der Waals surface area contributed by atoms with E-state index in [1.807, 2.05) is 24.3 Å². The van der Waals surface area contributed by atoms with E-state index in [4.69, 9.17) is 4.74 Å². The van der Waals surface area contributed by atoms with Crippen molar-refractivity contribution in [1.82, 2.24) is 4.72 Å². The van der Waals surface area contributed by atoms with Crippen molar-refractivity contribution in [3.8, 4) is 0 Å². The van der Waals surface area contributed by atoms with Crippen LogP contribution in [0, 0.1) is 5.41 Å². The summed E-state index contributed by atoms with van der Waals surface area (Å²) in [4.78, 5) is 11.7. The maximum atomic E-state index is 12.5. The van der Waals surface area contributed by atoms with Crippen molar-refractivity contribution in [3.63, 3.8) is 0 Å². The SMILES string of the molecule is COC(=O)C1(CS(=O)(=O)NC2CCCc3ccccc32)CC1. The molecule has 1 aromatic rings. The Kier molecular flexibility index (Phi) is 3.99. The van der Waals surface area contributed by atoms with Crippen LogP contribution in [0.2, 0.25) is 0 Å². The van der Waals surface area contributed by atoms with Gasteiger partial charge in [0.05, 0.1) is 18.3 Å². The summed E-state index contributed by atoms with van der Waals surface area (Å²) in [6, 6.07) is 7.75. The minimum Gasteiger partial charge on any atom is -0.469 e. The van der Waals surface area contributed by atoms with Crippen LogP contribution >= 0.6 is 0 Å². The van der Waals surface area contributed by atoms with E-state index in [2.05, 4.69) is 4.72 Å². The molecule has 1 saturated carbocycles. The Hall–Kier alpha value is -1.40. The largest absolute Gasteiger partial charge is 0.469 e. The second kappa shape index (κ2) is 5.66. The minimum absolute atomic E-state index is 0.175.